The average Bonchev–Trinajstić information content (AvgIpc) is 2.37. The molecule has 0 amide bonds. The second-order valence-corrected chi connectivity index (χ2v) is 6.24. The molecule has 0 aliphatic rings. The number of rotatable bonds is 3. The Morgan fingerprint density at radius 2 is 1.15 bits per heavy atom. The summed E-state index contributed by atoms with van der Waals surface area (Å²) in [5.41, 5.74) is 0. The van der Waals surface area contributed by atoms with Gasteiger partial charge in [0.2, 0.25) is 0 Å². The molecule has 0 spiro atoms. The summed E-state index contributed by atoms with van der Waals surface area (Å²) < 4.78 is 65.7. The number of hydrogen-bond donors (Lipinski definition) is 0. The Balaban J connectivity index is 2.51. The summed E-state index contributed by atoms with van der Waals surface area (Å²) in [7, 11) is -2.16. The Hall–Kier alpha value is -1.48. The maximum atomic E-state index is 13.8. The molecule has 0 N–H and O–H groups in total. The number of benzene rings is 2. The molecule has 0 aliphatic carbocycles. The normalized spacial score (nSPS) is 11.9. The first-order valence-electron chi connectivity index (χ1n) is 5.72. The van der Waals surface area contributed by atoms with E-state index in [0.29, 0.717) is 0 Å². The fraction of sp³-hybridized carbons (Fsp3) is 0.143. The Morgan fingerprint density at radius 1 is 0.750 bits per heavy atom. The predicted molar refractivity (Wildman–Crippen MR) is 69.9 cm³/mol. The van der Waals surface area contributed by atoms with E-state index in [0.717, 1.165) is 12.1 Å². The SMILES string of the molecule is Fc1ccccc1P(CC(F)(F)F)c1ccccc1F. The monoisotopic (exact) mass is 304 g/mol. The molecule has 0 heterocycles. The standard InChI is InChI=1S/C14H10F5P/c15-10-5-1-3-7-12(10)20(9-14(17,18)19)13-8-4-2-6-11(13)16/h1-8H,9H2. The zero-order valence-corrected chi connectivity index (χ0v) is 11.1. The van der Waals surface area contributed by atoms with E-state index in [1.165, 1.54) is 36.4 Å². The fourth-order valence-corrected chi connectivity index (χ4v) is 3.98. The van der Waals surface area contributed by atoms with E-state index in [1.807, 2.05) is 0 Å². The van der Waals surface area contributed by atoms with Crippen molar-refractivity contribution in [1.82, 2.24) is 0 Å². The van der Waals surface area contributed by atoms with E-state index in [9.17, 15) is 22.0 Å². The number of hydrogen-bond acceptors (Lipinski definition) is 0. The van der Waals surface area contributed by atoms with Gasteiger partial charge >= 0.3 is 6.18 Å². The summed E-state index contributed by atoms with van der Waals surface area (Å²) in [4.78, 5) is 0. The van der Waals surface area contributed by atoms with Gasteiger partial charge in [-0.1, -0.05) is 36.4 Å². The minimum absolute atomic E-state index is 0.0927. The van der Waals surface area contributed by atoms with E-state index in [2.05, 4.69) is 0 Å². The fourth-order valence-electron chi connectivity index (χ4n) is 1.82. The van der Waals surface area contributed by atoms with E-state index in [4.69, 9.17) is 0 Å². The second kappa shape index (κ2) is 5.88. The van der Waals surface area contributed by atoms with E-state index in [-0.39, 0.29) is 10.6 Å². The van der Waals surface area contributed by atoms with Crippen LogP contribution in [0.15, 0.2) is 48.5 Å². The topological polar surface area (TPSA) is 0 Å². The van der Waals surface area contributed by atoms with Gasteiger partial charge in [0.1, 0.15) is 11.6 Å². The van der Waals surface area contributed by atoms with Crippen LogP contribution in [0.25, 0.3) is 0 Å². The Morgan fingerprint density at radius 3 is 1.50 bits per heavy atom. The first kappa shape index (κ1) is 14.9. The zero-order valence-electron chi connectivity index (χ0n) is 10.2. The van der Waals surface area contributed by atoms with E-state index in [1.54, 1.807) is 0 Å². The Kier molecular flexibility index (Phi) is 4.39. The highest BCUT2D eigenvalue weighted by Crippen LogP contribution is 2.41. The summed E-state index contributed by atoms with van der Waals surface area (Å²) in [6.07, 6.45) is -5.74. The van der Waals surface area contributed by atoms with Gasteiger partial charge in [-0.15, -0.1) is 0 Å². The van der Waals surface area contributed by atoms with Crippen molar-refractivity contribution >= 4 is 18.5 Å². The molecule has 6 heteroatoms. The molecule has 2 aromatic carbocycles. The van der Waals surface area contributed by atoms with Gasteiger partial charge in [-0.3, -0.25) is 0 Å². The van der Waals surface area contributed by atoms with Gasteiger partial charge in [0.05, 0.1) is 6.16 Å². The lowest BCUT2D eigenvalue weighted by molar-refractivity contribution is -0.105. The van der Waals surface area contributed by atoms with Gasteiger partial charge in [0.15, 0.2) is 0 Å². The van der Waals surface area contributed by atoms with Crippen molar-refractivity contribution in [1.29, 1.82) is 0 Å². The summed E-state index contributed by atoms with van der Waals surface area (Å²) in [5, 5.41) is -0.185. The molecule has 0 saturated heterocycles. The second-order valence-electron chi connectivity index (χ2n) is 4.10. The smallest absolute Gasteiger partial charge is 0.206 e. The van der Waals surface area contributed by atoms with Crippen LogP contribution >= 0.6 is 7.92 Å². The van der Waals surface area contributed by atoms with Gasteiger partial charge in [0, 0.05) is 10.6 Å². The summed E-state index contributed by atoms with van der Waals surface area (Å²) >= 11 is 0. The van der Waals surface area contributed by atoms with Crippen LogP contribution in [-0.4, -0.2) is 12.3 Å². The molecule has 2 aromatic rings. The lowest BCUT2D eigenvalue weighted by Crippen LogP contribution is -2.26. The van der Waals surface area contributed by atoms with Crippen molar-refractivity contribution in [3.63, 3.8) is 0 Å². The van der Waals surface area contributed by atoms with Crippen molar-refractivity contribution in [3.8, 4) is 0 Å². The molecule has 0 atom stereocenters. The molecule has 0 nitrogen and oxygen atoms in total. The zero-order chi connectivity index (χ0) is 14.8. The molecule has 0 bridgehead atoms. The van der Waals surface area contributed by atoms with Gasteiger partial charge in [-0.25, -0.2) is 8.78 Å². The average molecular weight is 304 g/mol. The quantitative estimate of drug-likeness (QED) is 0.595. The molecule has 0 saturated carbocycles. The first-order chi connectivity index (χ1) is 9.38. The molecule has 106 valence electrons. The Bertz CT molecular complexity index is 549. The molecule has 0 radical (unpaired) electrons. The third-order valence-corrected chi connectivity index (χ3v) is 5.19. The van der Waals surface area contributed by atoms with Gasteiger partial charge in [-0.05, 0) is 20.1 Å². The maximum absolute atomic E-state index is 13.8. The molecule has 0 unspecified atom stereocenters. The molecule has 0 aromatic heterocycles. The summed E-state index contributed by atoms with van der Waals surface area (Å²) in [5.74, 6) is -1.49. The highest BCUT2D eigenvalue weighted by Gasteiger charge is 2.35. The van der Waals surface area contributed by atoms with Gasteiger partial charge in [0.25, 0.3) is 0 Å². The van der Waals surface area contributed by atoms with Crippen LogP contribution in [0.5, 0.6) is 0 Å². The van der Waals surface area contributed by atoms with E-state index >= 15 is 0 Å². The molecular weight excluding hydrogens is 294 g/mol. The van der Waals surface area contributed by atoms with Crippen molar-refractivity contribution in [2.45, 2.75) is 6.18 Å². The molecule has 0 aliphatic heterocycles. The van der Waals surface area contributed by atoms with Crippen molar-refractivity contribution in [2.75, 3.05) is 6.16 Å². The van der Waals surface area contributed by atoms with Gasteiger partial charge < -0.3 is 0 Å². The van der Waals surface area contributed by atoms with E-state index < -0.39 is 31.9 Å². The summed E-state index contributed by atoms with van der Waals surface area (Å²) in [6.45, 7) is 0. The highest BCUT2D eigenvalue weighted by atomic mass is 31.1. The third kappa shape index (κ3) is 3.54. The third-order valence-electron chi connectivity index (χ3n) is 2.62. The first-order valence-corrected chi connectivity index (χ1v) is 7.24. The van der Waals surface area contributed by atoms with Crippen LogP contribution in [0, 0.1) is 11.6 Å². The minimum atomic E-state index is -4.49. The van der Waals surface area contributed by atoms with Gasteiger partial charge in [-0.2, -0.15) is 13.2 Å². The summed E-state index contributed by atoms with van der Waals surface area (Å²) in [6, 6.07) is 10.4. The van der Waals surface area contributed by atoms with Crippen LogP contribution < -0.4 is 10.6 Å². The predicted octanol–water partition coefficient (Wildman–Crippen LogP) is 3.96. The number of alkyl halides is 3. The minimum Gasteiger partial charge on any atom is -0.206 e. The molecular formula is C14H10F5P. The van der Waals surface area contributed by atoms with Crippen LogP contribution in [0.1, 0.15) is 0 Å². The van der Waals surface area contributed by atoms with Crippen LogP contribution in [0.2, 0.25) is 0 Å². The Labute approximate surface area is 114 Å². The molecule has 2 rings (SSSR count). The lowest BCUT2D eigenvalue weighted by atomic mass is 10.3. The lowest BCUT2D eigenvalue weighted by Gasteiger charge is -2.21. The van der Waals surface area contributed by atoms with Crippen molar-refractivity contribution in [2.24, 2.45) is 0 Å². The van der Waals surface area contributed by atoms with Crippen LogP contribution in [-0.2, 0) is 0 Å². The highest BCUT2D eigenvalue weighted by molar-refractivity contribution is 7.73. The van der Waals surface area contributed by atoms with Crippen molar-refractivity contribution < 1.29 is 22.0 Å². The van der Waals surface area contributed by atoms with Crippen molar-refractivity contribution in [3.05, 3.63) is 60.2 Å². The van der Waals surface area contributed by atoms with Crippen LogP contribution in [0.3, 0.4) is 0 Å². The maximum Gasteiger partial charge on any atom is 0.393 e. The molecule has 20 heavy (non-hydrogen) atoms. The number of halogens is 5. The van der Waals surface area contributed by atoms with Crippen LogP contribution in [0.4, 0.5) is 22.0 Å². The largest absolute Gasteiger partial charge is 0.393 e. The molecule has 0 fully saturated rings.